The van der Waals surface area contributed by atoms with E-state index in [9.17, 15) is 4.79 Å². The van der Waals surface area contributed by atoms with Gasteiger partial charge in [-0.25, -0.2) is 0 Å². The van der Waals surface area contributed by atoms with E-state index < -0.39 is 6.10 Å². The van der Waals surface area contributed by atoms with Gasteiger partial charge in [0.1, 0.15) is 5.75 Å². The van der Waals surface area contributed by atoms with Gasteiger partial charge in [-0.2, -0.15) is 0 Å². The topological polar surface area (TPSA) is 54.5 Å². The number of hydrogen-bond acceptors (Lipinski definition) is 4. The summed E-state index contributed by atoms with van der Waals surface area (Å²) < 4.78 is 5.69. The number of hydrogen-bond donors (Lipinski definition) is 1. The molecule has 3 rings (SSSR count). The summed E-state index contributed by atoms with van der Waals surface area (Å²) in [6.45, 7) is 1.81. The van der Waals surface area contributed by atoms with Gasteiger partial charge < -0.3 is 15.0 Å². The molecule has 2 aliphatic rings. The molecule has 3 atom stereocenters. The number of amides is 1. The minimum atomic E-state index is -0.480. The highest BCUT2D eigenvalue weighted by Gasteiger charge is 2.37. The molecule has 2 saturated heterocycles. The summed E-state index contributed by atoms with van der Waals surface area (Å²) in [7, 11) is 1.90. The number of rotatable bonds is 4. The fourth-order valence-electron chi connectivity index (χ4n) is 3.48. The molecule has 0 spiro atoms. The number of carbonyl (C=O) groups is 1. The Bertz CT molecular complexity index is 482. The predicted molar refractivity (Wildman–Crippen MR) is 80.1 cm³/mol. The van der Waals surface area contributed by atoms with Crippen LogP contribution < -0.4 is 10.1 Å². The van der Waals surface area contributed by atoms with E-state index in [2.05, 4.69) is 10.3 Å². The first-order valence-corrected chi connectivity index (χ1v) is 7.73. The van der Waals surface area contributed by atoms with Gasteiger partial charge in [0.25, 0.3) is 5.91 Å². The summed E-state index contributed by atoms with van der Waals surface area (Å²) >= 11 is 0. The third-order valence-electron chi connectivity index (χ3n) is 4.64. The molecule has 5 heteroatoms. The molecular formula is C16H23N3O2. The van der Waals surface area contributed by atoms with Crippen molar-refractivity contribution in [2.75, 3.05) is 7.05 Å². The SMILES string of the molecule is CC(Oc1cccnc1)C(=O)N(C)C1CC2CCC(C1)N2. The van der Waals surface area contributed by atoms with E-state index in [4.69, 9.17) is 4.74 Å². The van der Waals surface area contributed by atoms with Crippen molar-refractivity contribution in [1.82, 2.24) is 15.2 Å². The zero-order valence-electron chi connectivity index (χ0n) is 12.7. The monoisotopic (exact) mass is 289 g/mol. The van der Waals surface area contributed by atoms with Crippen molar-refractivity contribution in [3.63, 3.8) is 0 Å². The molecule has 21 heavy (non-hydrogen) atoms. The number of nitrogens with one attached hydrogen (secondary N) is 1. The maximum Gasteiger partial charge on any atom is 0.263 e. The average molecular weight is 289 g/mol. The fraction of sp³-hybridized carbons (Fsp3) is 0.625. The second-order valence-corrected chi connectivity index (χ2v) is 6.16. The van der Waals surface area contributed by atoms with Gasteiger partial charge in [0.05, 0.1) is 6.20 Å². The van der Waals surface area contributed by atoms with Crippen molar-refractivity contribution >= 4 is 5.91 Å². The number of pyridine rings is 1. The van der Waals surface area contributed by atoms with E-state index in [0.29, 0.717) is 23.9 Å². The van der Waals surface area contributed by atoms with Crippen LogP contribution in [0, 0.1) is 0 Å². The predicted octanol–water partition coefficient (Wildman–Crippen LogP) is 1.59. The third-order valence-corrected chi connectivity index (χ3v) is 4.64. The first-order valence-electron chi connectivity index (χ1n) is 7.73. The lowest BCUT2D eigenvalue weighted by Gasteiger charge is -2.36. The number of piperidine rings is 1. The molecule has 5 nitrogen and oxygen atoms in total. The van der Waals surface area contributed by atoms with Crippen molar-refractivity contribution in [3.8, 4) is 5.75 Å². The molecule has 1 N–H and O–H groups in total. The number of nitrogens with zero attached hydrogens (tertiary/aromatic N) is 2. The number of carbonyl (C=O) groups excluding carboxylic acids is 1. The van der Waals surface area contributed by atoms with Crippen LogP contribution in [0.3, 0.4) is 0 Å². The maximum atomic E-state index is 12.5. The smallest absolute Gasteiger partial charge is 0.263 e. The normalized spacial score (nSPS) is 29.0. The van der Waals surface area contributed by atoms with Gasteiger partial charge in [0, 0.05) is 31.4 Å². The zero-order valence-corrected chi connectivity index (χ0v) is 12.7. The number of aromatic nitrogens is 1. The third kappa shape index (κ3) is 3.18. The molecule has 114 valence electrons. The van der Waals surface area contributed by atoms with Crippen molar-refractivity contribution in [2.24, 2.45) is 0 Å². The van der Waals surface area contributed by atoms with Crippen LogP contribution in [0.1, 0.15) is 32.6 Å². The molecule has 0 aliphatic carbocycles. The van der Waals surface area contributed by atoms with Gasteiger partial charge in [-0.1, -0.05) is 0 Å². The number of fused-ring (bicyclic) bond motifs is 2. The first-order chi connectivity index (χ1) is 10.1. The van der Waals surface area contributed by atoms with Gasteiger partial charge in [0.15, 0.2) is 6.10 Å². The van der Waals surface area contributed by atoms with E-state index >= 15 is 0 Å². The van der Waals surface area contributed by atoms with Crippen LogP contribution in [0.5, 0.6) is 5.75 Å². The van der Waals surface area contributed by atoms with Crippen LogP contribution in [0.15, 0.2) is 24.5 Å². The summed E-state index contributed by atoms with van der Waals surface area (Å²) in [5.41, 5.74) is 0. The molecular weight excluding hydrogens is 266 g/mol. The molecule has 0 radical (unpaired) electrons. The quantitative estimate of drug-likeness (QED) is 0.914. The molecule has 0 aromatic carbocycles. The summed E-state index contributed by atoms with van der Waals surface area (Å²) in [6.07, 6.45) is 7.43. The van der Waals surface area contributed by atoms with Crippen LogP contribution in [-0.2, 0) is 4.79 Å². The zero-order chi connectivity index (χ0) is 14.8. The average Bonchev–Trinajstić information content (AvgIpc) is 2.85. The minimum absolute atomic E-state index is 0.0464. The highest BCUT2D eigenvalue weighted by atomic mass is 16.5. The highest BCUT2D eigenvalue weighted by molar-refractivity contribution is 5.81. The maximum absolute atomic E-state index is 12.5. The Kier molecular flexibility index (Phi) is 4.10. The van der Waals surface area contributed by atoms with Gasteiger partial charge in [-0.3, -0.25) is 9.78 Å². The van der Waals surface area contributed by atoms with Crippen LogP contribution in [0.2, 0.25) is 0 Å². The largest absolute Gasteiger partial charge is 0.479 e. The minimum Gasteiger partial charge on any atom is -0.479 e. The first kappa shape index (κ1) is 14.3. The lowest BCUT2D eigenvalue weighted by Crippen LogP contribution is -2.51. The van der Waals surface area contributed by atoms with E-state index in [1.54, 1.807) is 18.5 Å². The molecule has 2 bridgehead atoms. The lowest BCUT2D eigenvalue weighted by molar-refractivity contribution is -0.139. The lowest BCUT2D eigenvalue weighted by atomic mass is 9.98. The van der Waals surface area contributed by atoms with Gasteiger partial charge in [-0.05, 0) is 44.7 Å². The molecule has 1 aromatic rings. The Morgan fingerprint density at radius 3 is 2.76 bits per heavy atom. The van der Waals surface area contributed by atoms with Crippen molar-refractivity contribution in [2.45, 2.75) is 56.8 Å². The summed E-state index contributed by atoms with van der Waals surface area (Å²) in [4.78, 5) is 18.4. The molecule has 1 aromatic heterocycles. The van der Waals surface area contributed by atoms with Gasteiger partial charge in [-0.15, -0.1) is 0 Å². The second-order valence-electron chi connectivity index (χ2n) is 6.16. The molecule has 0 saturated carbocycles. The molecule has 3 heterocycles. The summed E-state index contributed by atoms with van der Waals surface area (Å²) in [5.74, 6) is 0.683. The molecule has 2 fully saturated rings. The second kappa shape index (κ2) is 6.02. The van der Waals surface area contributed by atoms with E-state index in [1.807, 2.05) is 24.9 Å². The molecule has 3 unspecified atom stereocenters. The summed E-state index contributed by atoms with van der Waals surface area (Å²) in [6, 6.07) is 5.12. The Hall–Kier alpha value is -1.62. The van der Waals surface area contributed by atoms with Crippen LogP contribution in [0.4, 0.5) is 0 Å². The van der Waals surface area contributed by atoms with Gasteiger partial charge in [0.2, 0.25) is 0 Å². The highest BCUT2D eigenvalue weighted by Crippen LogP contribution is 2.29. The van der Waals surface area contributed by atoms with Gasteiger partial charge >= 0.3 is 0 Å². The van der Waals surface area contributed by atoms with Crippen LogP contribution in [-0.4, -0.2) is 47.1 Å². The van der Waals surface area contributed by atoms with Crippen molar-refractivity contribution in [1.29, 1.82) is 0 Å². The number of ether oxygens (including phenoxy) is 1. The Labute approximate surface area is 125 Å². The Balaban J connectivity index is 1.59. The van der Waals surface area contributed by atoms with Crippen LogP contribution >= 0.6 is 0 Å². The Morgan fingerprint density at radius 1 is 1.43 bits per heavy atom. The van der Waals surface area contributed by atoms with Crippen molar-refractivity contribution < 1.29 is 9.53 Å². The van der Waals surface area contributed by atoms with E-state index in [-0.39, 0.29) is 5.91 Å². The Morgan fingerprint density at radius 2 is 2.14 bits per heavy atom. The molecule has 1 amide bonds. The standard InChI is InChI=1S/C16H23N3O2/c1-11(21-15-4-3-7-17-10-15)16(20)19(2)14-8-12-5-6-13(9-14)18-12/h3-4,7,10-14,18H,5-6,8-9H2,1-2H3. The van der Waals surface area contributed by atoms with Crippen LogP contribution in [0.25, 0.3) is 0 Å². The molecule has 2 aliphatic heterocycles. The number of likely N-dealkylation sites (N-methyl/N-ethyl adjacent to an activating group) is 1. The van der Waals surface area contributed by atoms with Crippen molar-refractivity contribution in [3.05, 3.63) is 24.5 Å². The fourth-order valence-corrected chi connectivity index (χ4v) is 3.48. The van der Waals surface area contributed by atoms with E-state index in [1.165, 1.54) is 12.8 Å². The van der Waals surface area contributed by atoms with E-state index in [0.717, 1.165) is 12.8 Å². The summed E-state index contributed by atoms with van der Waals surface area (Å²) in [5, 5.41) is 3.61.